The van der Waals surface area contributed by atoms with Gasteiger partial charge in [-0.05, 0) is 42.8 Å². The van der Waals surface area contributed by atoms with Crippen molar-refractivity contribution in [1.82, 2.24) is 0 Å². The van der Waals surface area contributed by atoms with Crippen molar-refractivity contribution < 1.29 is 17.6 Å². The second kappa shape index (κ2) is 5.63. The minimum atomic E-state index is -4.50. The third-order valence-corrected chi connectivity index (χ3v) is 3.09. The van der Waals surface area contributed by atoms with E-state index in [1.54, 1.807) is 6.92 Å². The lowest BCUT2D eigenvalue weighted by molar-refractivity contribution is -0.136. The topological polar surface area (TPSA) is 38.0 Å². The number of hydrogen-bond acceptors (Lipinski definition) is 2. The zero-order valence-corrected chi connectivity index (χ0v) is 11.2. The highest BCUT2D eigenvalue weighted by atomic mass is 19.4. The number of nitrogens with two attached hydrogens (primary N) is 1. The number of hydrogen-bond donors (Lipinski definition) is 2. The molecule has 0 aliphatic rings. The van der Waals surface area contributed by atoms with E-state index in [0.29, 0.717) is 5.56 Å². The van der Waals surface area contributed by atoms with E-state index in [1.165, 1.54) is 36.4 Å². The van der Waals surface area contributed by atoms with Crippen LogP contribution in [0.5, 0.6) is 0 Å². The fourth-order valence-electron chi connectivity index (χ4n) is 1.99. The average Bonchev–Trinajstić information content (AvgIpc) is 2.40. The molecule has 0 spiro atoms. The molecule has 0 bridgehead atoms. The lowest BCUT2D eigenvalue weighted by Crippen LogP contribution is -2.14. The highest BCUT2D eigenvalue weighted by Crippen LogP contribution is 2.37. The van der Waals surface area contributed by atoms with Gasteiger partial charge in [0.1, 0.15) is 5.82 Å². The van der Waals surface area contributed by atoms with E-state index in [0.717, 1.165) is 6.07 Å². The normalized spacial score (nSPS) is 13.0. The summed E-state index contributed by atoms with van der Waals surface area (Å²) in [5.74, 6) is -0.394. The van der Waals surface area contributed by atoms with Crippen LogP contribution in [-0.4, -0.2) is 0 Å². The van der Waals surface area contributed by atoms with Crippen LogP contribution in [0.4, 0.5) is 28.9 Å². The maximum atomic E-state index is 13.0. The number of benzene rings is 2. The number of halogens is 4. The van der Waals surface area contributed by atoms with Gasteiger partial charge >= 0.3 is 6.18 Å². The Kier molecular flexibility index (Phi) is 4.06. The van der Waals surface area contributed by atoms with E-state index in [1.807, 2.05) is 0 Å². The standard InChI is InChI=1S/C15H14F4N2/c1-9(10-2-4-11(16)5-3-10)21-14-7-6-12(20)8-13(14)15(17,18)19/h2-9,21H,20H2,1H3. The minimum absolute atomic E-state index is 0.0438. The van der Waals surface area contributed by atoms with E-state index < -0.39 is 23.6 Å². The van der Waals surface area contributed by atoms with Crippen LogP contribution in [0.25, 0.3) is 0 Å². The Morgan fingerprint density at radius 1 is 1.05 bits per heavy atom. The monoisotopic (exact) mass is 298 g/mol. The zero-order valence-electron chi connectivity index (χ0n) is 11.2. The predicted octanol–water partition coefficient (Wildman–Crippen LogP) is 4.60. The predicted molar refractivity (Wildman–Crippen MR) is 74.3 cm³/mol. The summed E-state index contributed by atoms with van der Waals surface area (Å²) in [6.45, 7) is 1.70. The van der Waals surface area contributed by atoms with Crippen LogP contribution < -0.4 is 11.1 Å². The first-order chi connectivity index (χ1) is 9.77. The first kappa shape index (κ1) is 15.2. The molecule has 2 rings (SSSR count). The SMILES string of the molecule is CC(Nc1ccc(N)cc1C(F)(F)F)c1ccc(F)cc1. The molecule has 1 unspecified atom stereocenters. The lowest BCUT2D eigenvalue weighted by Gasteiger charge is -2.20. The number of anilines is 2. The molecule has 0 amide bonds. The van der Waals surface area contributed by atoms with Crippen LogP contribution in [0.1, 0.15) is 24.1 Å². The maximum absolute atomic E-state index is 13.0. The smallest absolute Gasteiger partial charge is 0.399 e. The second-order valence-electron chi connectivity index (χ2n) is 4.72. The summed E-state index contributed by atoms with van der Waals surface area (Å²) in [4.78, 5) is 0. The van der Waals surface area contributed by atoms with Gasteiger partial charge in [-0.3, -0.25) is 0 Å². The Balaban J connectivity index is 2.29. The summed E-state index contributed by atoms with van der Waals surface area (Å²) in [5.41, 5.74) is 5.25. The summed E-state index contributed by atoms with van der Waals surface area (Å²) in [7, 11) is 0. The first-order valence-corrected chi connectivity index (χ1v) is 6.26. The maximum Gasteiger partial charge on any atom is 0.418 e. The van der Waals surface area contributed by atoms with Crippen molar-refractivity contribution in [2.24, 2.45) is 0 Å². The molecule has 112 valence electrons. The summed E-state index contributed by atoms with van der Waals surface area (Å²) in [6.07, 6.45) is -4.50. The fraction of sp³-hybridized carbons (Fsp3) is 0.200. The molecule has 2 aromatic carbocycles. The van der Waals surface area contributed by atoms with E-state index in [9.17, 15) is 17.6 Å². The molecule has 21 heavy (non-hydrogen) atoms. The van der Waals surface area contributed by atoms with E-state index in [-0.39, 0.29) is 11.4 Å². The molecule has 2 aromatic rings. The highest BCUT2D eigenvalue weighted by Gasteiger charge is 2.34. The van der Waals surface area contributed by atoms with Crippen LogP contribution in [0.2, 0.25) is 0 Å². The van der Waals surface area contributed by atoms with Gasteiger partial charge in [0.05, 0.1) is 5.56 Å². The van der Waals surface area contributed by atoms with Gasteiger partial charge in [-0.15, -0.1) is 0 Å². The Morgan fingerprint density at radius 3 is 2.24 bits per heavy atom. The number of nitrogen functional groups attached to an aromatic ring is 1. The van der Waals surface area contributed by atoms with Crippen LogP contribution in [0.15, 0.2) is 42.5 Å². The molecular weight excluding hydrogens is 284 g/mol. The van der Waals surface area contributed by atoms with Crippen molar-refractivity contribution in [3.63, 3.8) is 0 Å². The van der Waals surface area contributed by atoms with Crippen LogP contribution in [-0.2, 0) is 6.18 Å². The summed E-state index contributed by atoms with van der Waals surface area (Å²) in [5, 5.41) is 2.78. The van der Waals surface area contributed by atoms with Crippen molar-refractivity contribution >= 4 is 11.4 Å². The van der Waals surface area contributed by atoms with Gasteiger partial charge in [-0.25, -0.2) is 4.39 Å². The molecule has 1 atom stereocenters. The van der Waals surface area contributed by atoms with E-state index in [4.69, 9.17) is 5.73 Å². The third-order valence-electron chi connectivity index (χ3n) is 3.09. The second-order valence-corrected chi connectivity index (χ2v) is 4.72. The minimum Gasteiger partial charge on any atom is -0.399 e. The molecule has 0 aliphatic heterocycles. The fourth-order valence-corrected chi connectivity index (χ4v) is 1.99. The zero-order chi connectivity index (χ0) is 15.6. The molecule has 2 nitrogen and oxygen atoms in total. The average molecular weight is 298 g/mol. The van der Waals surface area contributed by atoms with Crippen LogP contribution in [0, 0.1) is 5.82 Å². The largest absolute Gasteiger partial charge is 0.418 e. The molecule has 0 saturated heterocycles. The highest BCUT2D eigenvalue weighted by molar-refractivity contribution is 5.60. The van der Waals surface area contributed by atoms with E-state index >= 15 is 0 Å². The van der Waals surface area contributed by atoms with Gasteiger partial charge in [-0.1, -0.05) is 12.1 Å². The van der Waals surface area contributed by atoms with Crippen molar-refractivity contribution in [3.05, 3.63) is 59.4 Å². The van der Waals surface area contributed by atoms with E-state index in [2.05, 4.69) is 5.32 Å². The van der Waals surface area contributed by atoms with Gasteiger partial charge in [0, 0.05) is 17.4 Å². The van der Waals surface area contributed by atoms with Crippen molar-refractivity contribution in [2.45, 2.75) is 19.1 Å². The third kappa shape index (κ3) is 3.65. The Hall–Kier alpha value is -2.24. The van der Waals surface area contributed by atoms with Gasteiger partial charge < -0.3 is 11.1 Å². The van der Waals surface area contributed by atoms with Gasteiger partial charge in [0.2, 0.25) is 0 Å². The van der Waals surface area contributed by atoms with Crippen LogP contribution >= 0.6 is 0 Å². The van der Waals surface area contributed by atoms with Crippen molar-refractivity contribution in [1.29, 1.82) is 0 Å². The number of alkyl halides is 3. The molecule has 0 fully saturated rings. The Morgan fingerprint density at radius 2 is 1.67 bits per heavy atom. The molecular formula is C15H14F4N2. The quantitative estimate of drug-likeness (QED) is 0.642. The van der Waals surface area contributed by atoms with Gasteiger partial charge in [-0.2, -0.15) is 13.2 Å². The molecule has 0 aromatic heterocycles. The van der Waals surface area contributed by atoms with Gasteiger partial charge in [0.25, 0.3) is 0 Å². The first-order valence-electron chi connectivity index (χ1n) is 6.26. The Bertz CT molecular complexity index is 621. The van der Waals surface area contributed by atoms with Crippen molar-refractivity contribution in [2.75, 3.05) is 11.1 Å². The Labute approximate surface area is 119 Å². The summed E-state index contributed by atoms with van der Waals surface area (Å²) in [6, 6.07) is 8.75. The van der Waals surface area contributed by atoms with Crippen LogP contribution in [0.3, 0.4) is 0 Å². The molecule has 0 saturated carbocycles. The molecule has 6 heteroatoms. The molecule has 0 aliphatic carbocycles. The number of rotatable bonds is 3. The van der Waals surface area contributed by atoms with Crippen molar-refractivity contribution in [3.8, 4) is 0 Å². The number of nitrogens with one attached hydrogen (secondary N) is 1. The molecule has 0 heterocycles. The lowest BCUT2D eigenvalue weighted by atomic mass is 10.1. The summed E-state index contributed by atoms with van der Waals surface area (Å²) < 4.78 is 51.8. The molecule has 3 N–H and O–H groups in total. The summed E-state index contributed by atoms with van der Waals surface area (Å²) >= 11 is 0. The van der Waals surface area contributed by atoms with Gasteiger partial charge in [0.15, 0.2) is 0 Å². The molecule has 0 radical (unpaired) electrons.